The van der Waals surface area contributed by atoms with Gasteiger partial charge in [-0.25, -0.2) is 0 Å². The standard InChI is InChI=1S/C18H23NO/c1-13-9-10-16-15(11-13)12-17(20-16)18(19)14-7-5-3-2-4-6-8-14/h7,9-12,18H,2-6,8,19H2,1H3/b14-7+. The summed E-state index contributed by atoms with van der Waals surface area (Å²) in [6.07, 6.45) is 9.81. The monoisotopic (exact) mass is 269 g/mol. The highest BCUT2D eigenvalue weighted by atomic mass is 16.3. The summed E-state index contributed by atoms with van der Waals surface area (Å²) in [5.41, 5.74) is 9.97. The average molecular weight is 269 g/mol. The first-order chi connectivity index (χ1) is 9.74. The van der Waals surface area contributed by atoms with Gasteiger partial charge in [0, 0.05) is 5.39 Å². The van der Waals surface area contributed by atoms with Crippen LogP contribution < -0.4 is 5.73 Å². The van der Waals surface area contributed by atoms with E-state index in [0.29, 0.717) is 0 Å². The summed E-state index contributed by atoms with van der Waals surface area (Å²) in [5.74, 6) is 0.900. The van der Waals surface area contributed by atoms with Gasteiger partial charge in [0.25, 0.3) is 0 Å². The number of aryl methyl sites for hydroxylation is 1. The van der Waals surface area contributed by atoms with E-state index in [2.05, 4.69) is 31.2 Å². The first-order valence-corrected chi connectivity index (χ1v) is 7.68. The van der Waals surface area contributed by atoms with Crippen molar-refractivity contribution in [3.63, 3.8) is 0 Å². The van der Waals surface area contributed by atoms with Crippen LogP contribution in [0.3, 0.4) is 0 Å². The summed E-state index contributed by atoms with van der Waals surface area (Å²) in [5, 5.41) is 1.15. The van der Waals surface area contributed by atoms with Crippen LogP contribution in [0.2, 0.25) is 0 Å². The van der Waals surface area contributed by atoms with E-state index in [9.17, 15) is 0 Å². The van der Waals surface area contributed by atoms with Crippen LogP contribution >= 0.6 is 0 Å². The summed E-state index contributed by atoms with van der Waals surface area (Å²) in [4.78, 5) is 0. The number of hydrogen-bond donors (Lipinski definition) is 1. The van der Waals surface area contributed by atoms with Gasteiger partial charge in [0.1, 0.15) is 11.3 Å². The highest BCUT2D eigenvalue weighted by molar-refractivity contribution is 5.78. The zero-order valence-electron chi connectivity index (χ0n) is 12.2. The third-order valence-corrected chi connectivity index (χ3v) is 4.22. The fourth-order valence-electron chi connectivity index (χ4n) is 3.02. The minimum Gasteiger partial charge on any atom is -0.459 e. The maximum absolute atomic E-state index is 6.43. The second kappa shape index (κ2) is 5.84. The van der Waals surface area contributed by atoms with Crippen LogP contribution in [0.1, 0.15) is 55.9 Å². The molecule has 0 fully saturated rings. The topological polar surface area (TPSA) is 39.2 Å². The third kappa shape index (κ3) is 2.80. The lowest BCUT2D eigenvalue weighted by Crippen LogP contribution is -2.13. The van der Waals surface area contributed by atoms with Gasteiger partial charge < -0.3 is 10.2 Å². The van der Waals surface area contributed by atoms with Crippen molar-refractivity contribution in [2.45, 2.75) is 51.5 Å². The van der Waals surface area contributed by atoms with Gasteiger partial charge in [-0.05, 0) is 56.4 Å². The van der Waals surface area contributed by atoms with E-state index in [4.69, 9.17) is 10.2 Å². The van der Waals surface area contributed by atoms with E-state index in [1.54, 1.807) is 0 Å². The van der Waals surface area contributed by atoms with Crippen molar-refractivity contribution in [1.29, 1.82) is 0 Å². The van der Waals surface area contributed by atoms with Crippen LogP contribution in [0, 0.1) is 6.92 Å². The number of hydrogen-bond acceptors (Lipinski definition) is 2. The first-order valence-electron chi connectivity index (χ1n) is 7.68. The second-order valence-corrected chi connectivity index (χ2v) is 5.90. The maximum Gasteiger partial charge on any atom is 0.134 e. The lowest BCUT2D eigenvalue weighted by Gasteiger charge is -2.16. The van der Waals surface area contributed by atoms with Crippen LogP contribution in [0.25, 0.3) is 11.0 Å². The highest BCUT2D eigenvalue weighted by Crippen LogP contribution is 2.31. The molecule has 3 rings (SSSR count). The zero-order chi connectivity index (χ0) is 13.9. The molecule has 0 saturated carbocycles. The van der Waals surface area contributed by atoms with Crippen LogP contribution in [0.5, 0.6) is 0 Å². The molecule has 1 aliphatic carbocycles. The molecule has 106 valence electrons. The lowest BCUT2D eigenvalue weighted by atomic mass is 9.94. The first kappa shape index (κ1) is 13.4. The van der Waals surface area contributed by atoms with E-state index >= 15 is 0 Å². The summed E-state index contributed by atoms with van der Waals surface area (Å²) in [6, 6.07) is 8.29. The third-order valence-electron chi connectivity index (χ3n) is 4.22. The van der Waals surface area contributed by atoms with Gasteiger partial charge in [-0.1, -0.05) is 30.5 Å². The molecule has 0 amide bonds. The van der Waals surface area contributed by atoms with Gasteiger partial charge in [0.15, 0.2) is 0 Å². The van der Waals surface area contributed by atoms with Crippen LogP contribution in [0.4, 0.5) is 0 Å². The Morgan fingerprint density at radius 1 is 1.10 bits per heavy atom. The lowest BCUT2D eigenvalue weighted by molar-refractivity contribution is 0.506. The van der Waals surface area contributed by atoms with Gasteiger partial charge >= 0.3 is 0 Å². The van der Waals surface area contributed by atoms with Crippen molar-refractivity contribution >= 4 is 11.0 Å². The van der Waals surface area contributed by atoms with E-state index in [0.717, 1.165) is 29.6 Å². The summed E-state index contributed by atoms with van der Waals surface area (Å²) >= 11 is 0. The molecule has 1 unspecified atom stereocenters. The van der Waals surface area contributed by atoms with E-state index in [1.165, 1.54) is 36.8 Å². The van der Waals surface area contributed by atoms with Gasteiger partial charge in [0.05, 0.1) is 6.04 Å². The Morgan fingerprint density at radius 2 is 1.95 bits per heavy atom. The predicted molar refractivity (Wildman–Crippen MR) is 83.7 cm³/mol. The predicted octanol–water partition coefficient (Wildman–Crippen LogP) is 5.02. The van der Waals surface area contributed by atoms with E-state index in [-0.39, 0.29) is 6.04 Å². The quantitative estimate of drug-likeness (QED) is 0.777. The highest BCUT2D eigenvalue weighted by Gasteiger charge is 2.17. The number of allylic oxidation sites excluding steroid dienone is 1. The molecule has 0 radical (unpaired) electrons. The molecule has 2 heteroatoms. The SMILES string of the molecule is Cc1ccc2oc(C(N)/C3=C/CCCCCC3)cc2c1. The smallest absolute Gasteiger partial charge is 0.134 e. The second-order valence-electron chi connectivity index (χ2n) is 5.90. The van der Waals surface area contributed by atoms with Crippen molar-refractivity contribution in [3.8, 4) is 0 Å². The molecule has 2 N–H and O–H groups in total. The Balaban J connectivity index is 1.88. The number of furan rings is 1. The zero-order valence-corrected chi connectivity index (χ0v) is 12.2. The molecule has 1 aromatic carbocycles. The van der Waals surface area contributed by atoms with Gasteiger partial charge in [-0.3, -0.25) is 0 Å². The Hall–Kier alpha value is -1.54. The van der Waals surface area contributed by atoms with E-state index in [1.807, 2.05) is 6.07 Å². The van der Waals surface area contributed by atoms with Crippen LogP contribution in [-0.4, -0.2) is 0 Å². The molecule has 0 bridgehead atoms. The van der Waals surface area contributed by atoms with Gasteiger partial charge in [-0.15, -0.1) is 0 Å². The van der Waals surface area contributed by atoms with Gasteiger partial charge in [0.2, 0.25) is 0 Å². The minimum absolute atomic E-state index is 0.0826. The van der Waals surface area contributed by atoms with Crippen LogP contribution in [0.15, 0.2) is 40.3 Å². The maximum atomic E-state index is 6.43. The Labute approximate surface area is 120 Å². The van der Waals surface area contributed by atoms with Crippen molar-refractivity contribution < 1.29 is 4.42 Å². The summed E-state index contributed by atoms with van der Waals surface area (Å²) in [7, 11) is 0. The van der Waals surface area contributed by atoms with Crippen molar-refractivity contribution in [2.75, 3.05) is 0 Å². The molecule has 0 aliphatic heterocycles. The van der Waals surface area contributed by atoms with Crippen molar-refractivity contribution in [2.24, 2.45) is 5.73 Å². The molecule has 1 aliphatic rings. The molecule has 2 nitrogen and oxygen atoms in total. The van der Waals surface area contributed by atoms with Crippen molar-refractivity contribution in [1.82, 2.24) is 0 Å². The molecule has 2 aromatic rings. The fraction of sp³-hybridized carbons (Fsp3) is 0.444. The van der Waals surface area contributed by atoms with E-state index < -0.39 is 0 Å². The average Bonchev–Trinajstić information content (AvgIpc) is 2.80. The molecule has 20 heavy (non-hydrogen) atoms. The number of benzene rings is 1. The molecule has 1 atom stereocenters. The van der Waals surface area contributed by atoms with Crippen LogP contribution in [-0.2, 0) is 0 Å². The Kier molecular flexibility index (Phi) is 3.93. The summed E-state index contributed by atoms with van der Waals surface area (Å²) < 4.78 is 5.94. The summed E-state index contributed by atoms with van der Waals surface area (Å²) in [6.45, 7) is 2.10. The fourth-order valence-corrected chi connectivity index (χ4v) is 3.02. The number of nitrogens with two attached hydrogens (primary N) is 1. The largest absolute Gasteiger partial charge is 0.459 e. The molecule has 0 spiro atoms. The number of fused-ring (bicyclic) bond motifs is 1. The Morgan fingerprint density at radius 3 is 2.85 bits per heavy atom. The molecular weight excluding hydrogens is 246 g/mol. The Bertz CT molecular complexity index is 623. The molecule has 0 saturated heterocycles. The molecule has 1 heterocycles. The number of rotatable bonds is 2. The molecular formula is C18H23NO. The van der Waals surface area contributed by atoms with Gasteiger partial charge in [-0.2, -0.15) is 0 Å². The normalized spacial score (nSPS) is 21.0. The minimum atomic E-state index is -0.0826. The molecule has 1 aromatic heterocycles. The van der Waals surface area contributed by atoms with Crippen molar-refractivity contribution in [3.05, 3.63) is 47.2 Å².